The topological polar surface area (TPSA) is 46.2 Å². The van der Waals surface area contributed by atoms with Crippen molar-refractivity contribution in [1.29, 1.82) is 0 Å². The number of hydrogen-bond donors (Lipinski definition) is 2. The molecule has 0 amide bonds. The quantitative estimate of drug-likeness (QED) is 0.653. The molecular weight excluding hydrogens is 254 g/mol. The Labute approximate surface area is 109 Å². The van der Waals surface area contributed by atoms with Crippen molar-refractivity contribution in [3.05, 3.63) is 53.1 Å². The van der Waals surface area contributed by atoms with Crippen LogP contribution in [0.25, 0.3) is 0 Å². The first-order chi connectivity index (χ1) is 8.15. The summed E-state index contributed by atoms with van der Waals surface area (Å²) in [5.41, 5.74) is 7.63. The fourth-order valence-corrected chi connectivity index (χ4v) is 2.62. The van der Waals surface area contributed by atoms with Crippen molar-refractivity contribution in [3.63, 3.8) is 0 Å². The normalized spacial score (nSPS) is 10.4. The molecule has 2 aromatic carbocycles. The molecule has 3 N–H and O–H groups in total. The highest BCUT2D eigenvalue weighted by atomic mass is 35.5. The van der Waals surface area contributed by atoms with Crippen LogP contribution in [-0.4, -0.2) is 5.11 Å². The minimum Gasteiger partial charge on any atom is -0.508 e. The van der Waals surface area contributed by atoms with Gasteiger partial charge >= 0.3 is 0 Å². The van der Waals surface area contributed by atoms with E-state index in [9.17, 15) is 5.11 Å². The summed E-state index contributed by atoms with van der Waals surface area (Å²) in [6.45, 7) is 0. The molecule has 0 aromatic heterocycles. The molecule has 0 bridgehead atoms. The predicted octanol–water partition coefficient (Wildman–Crippen LogP) is 3.92. The fourth-order valence-electron chi connectivity index (χ4n) is 1.44. The number of hydrogen-bond acceptors (Lipinski definition) is 3. The van der Waals surface area contributed by atoms with Crippen LogP contribution >= 0.6 is 23.4 Å². The van der Waals surface area contributed by atoms with Gasteiger partial charge in [0.2, 0.25) is 0 Å². The van der Waals surface area contributed by atoms with Gasteiger partial charge in [-0.05, 0) is 35.9 Å². The second kappa shape index (κ2) is 5.34. The maximum Gasteiger partial charge on any atom is 0.115 e. The highest BCUT2D eigenvalue weighted by Gasteiger charge is 2.02. The molecule has 2 aromatic rings. The molecule has 17 heavy (non-hydrogen) atoms. The molecule has 0 aliphatic carbocycles. The van der Waals surface area contributed by atoms with Crippen molar-refractivity contribution in [3.8, 4) is 5.75 Å². The summed E-state index contributed by atoms with van der Waals surface area (Å²) in [6.07, 6.45) is 0. The second-order valence-electron chi connectivity index (χ2n) is 3.64. The lowest BCUT2D eigenvalue weighted by Crippen LogP contribution is -1.88. The number of thioether (sulfide) groups is 1. The number of benzene rings is 2. The highest BCUT2D eigenvalue weighted by molar-refractivity contribution is 7.98. The molecule has 0 aliphatic rings. The monoisotopic (exact) mass is 265 g/mol. The number of anilines is 1. The molecule has 4 heteroatoms. The lowest BCUT2D eigenvalue weighted by atomic mass is 10.2. The Morgan fingerprint density at radius 3 is 2.76 bits per heavy atom. The van der Waals surface area contributed by atoms with Crippen molar-refractivity contribution in [1.82, 2.24) is 0 Å². The van der Waals surface area contributed by atoms with E-state index in [1.165, 1.54) is 0 Å². The van der Waals surface area contributed by atoms with Gasteiger partial charge in [-0.15, -0.1) is 11.8 Å². The predicted molar refractivity (Wildman–Crippen MR) is 73.5 cm³/mol. The summed E-state index contributed by atoms with van der Waals surface area (Å²) >= 11 is 7.52. The fraction of sp³-hybridized carbons (Fsp3) is 0.0769. The Morgan fingerprint density at radius 1 is 1.18 bits per heavy atom. The SMILES string of the molecule is Nc1ccc(Cl)cc1SCc1cccc(O)c1. The van der Waals surface area contributed by atoms with Gasteiger partial charge in [0.25, 0.3) is 0 Å². The zero-order valence-electron chi connectivity index (χ0n) is 9.06. The first-order valence-electron chi connectivity index (χ1n) is 5.11. The van der Waals surface area contributed by atoms with Crippen LogP contribution in [0.1, 0.15) is 5.56 Å². The lowest BCUT2D eigenvalue weighted by Gasteiger charge is -2.06. The molecule has 0 heterocycles. The smallest absolute Gasteiger partial charge is 0.115 e. The minimum atomic E-state index is 0.280. The van der Waals surface area contributed by atoms with E-state index in [1.54, 1.807) is 36.0 Å². The molecule has 0 fully saturated rings. The highest BCUT2D eigenvalue weighted by Crippen LogP contribution is 2.31. The molecule has 0 spiro atoms. The van der Waals surface area contributed by atoms with Crippen molar-refractivity contribution in [2.24, 2.45) is 0 Å². The van der Waals surface area contributed by atoms with Crippen LogP contribution in [0, 0.1) is 0 Å². The van der Waals surface area contributed by atoms with Crippen LogP contribution in [0.5, 0.6) is 5.75 Å². The van der Waals surface area contributed by atoms with Gasteiger partial charge in [-0.1, -0.05) is 23.7 Å². The Hall–Kier alpha value is -1.32. The van der Waals surface area contributed by atoms with Crippen molar-refractivity contribution in [2.75, 3.05) is 5.73 Å². The number of rotatable bonds is 3. The Kier molecular flexibility index (Phi) is 3.82. The van der Waals surface area contributed by atoms with Gasteiger partial charge in [0.1, 0.15) is 5.75 Å². The zero-order chi connectivity index (χ0) is 12.3. The van der Waals surface area contributed by atoms with Crippen LogP contribution in [0.2, 0.25) is 5.02 Å². The van der Waals surface area contributed by atoms with Crippen LogP contribution < -0.4 is 5.73 Å². The third-order valence-corrected chi connectivity index (χ3v) is 3.66. The number of phenols is 1. The Bertz CT molecular complexity index is 531. The first-order valence-corrected chi connectivity index (χ1v) is 6.47. The van der Waals surface area contributed by atoms with Crippen molar-refractivity contribution >= 4 is 29.1 Å². The van der Waals surface area contributed by atoms with Gasteiger partial charge in [0.15, 0.2) is 0 Å². The van der Waals surface area contributed by atoms with Crippen molar-refractivity contribution < 1.29 is 5.11 Å². The Balaban J connectivity index is 2.09. The van der Waals surface area contributed by atoms with E-state index in [-0.39, 0.29) is 5.75 Å². The molecule has 2 nitrogen and oxygen atoms in total. The summed E-state index contributed by atoms with van der Waals surface area (Å²) < 4.78 is 0. The summed E-state index contributed by atoms with van der Waals surface area (Å²) in [6, 6.07) is 12.6. The molecule has 88 valence electrons. The zero-order valence-corrected chi connectivity index (χ0v) is 10.6. The maximum atomic E-state index is 9.35. The lowest BCUT2D eigenvalue weighted by molar-refractivity contribution is 0.475. The van der Waals surface area contributed by atoms with Crippen LogP contribution in [-0.2, 0) is 5.75 Å². The van der Waals surface area contributed by atoms with Gasteiger partial charge in [-0.25, -0.2) is 0 Å². The number of halogens is 1. The van der Waals surface area contributed by atoms with E-state index >= 15 is 0 Å². The first kappa shape index (κ1) is 12.1. The average molecular weight is 266 g/mol. The summed E-state index contributed by atoms with van der Waals surface area (Å²) in [5, 5.41) is 10.0. The van der Waals surface area contributed by atoms with E-state index in [2.05, 4.69) is 0 Å². The van der Waals surface area contributed by atoms with Crippen LogP contribution in [0.3, 0.4) is 0 Å². The molecular formula is C13H12ClNOS. The number of nitrogen functional groups attached to an aromatic ring is 1. The molecule has 0 atom stereocenters. The number of nitrogens with two attached hydrogens (primary N) is 1. The number of aromatic hydroxyl groups is 1. The Morgan fingerprint density at radius 2 is 2.00 bits per heavy atom. The standard InChI is InChI=1S/C13H12ClNOS/c14-10-4-5-12(15)13(7-10)17-8-9-2-1-3-11(16)6-9/h1-7,16H,8,15H2. The van der Waals surface area contributed by atoms with Gasteiger partial charge < -0.3 is 10.8 Å². The molecule has 0 aliphatic heterocycles. The second-order valence-corrected chi connectivity index (χ2v) is 5.09. The van der Waals surface area contributed by atoms with Gasteiger partial charge in [-0.3, -0.25) is 0 Å². The van der Waals surface area contributed by atoms with Gasteiger partial charge in [0, 0.05) is 21.4 Å². The largest absolute Gasteiger partial charge is 0.508 e. The van der Waals surface area contributed by atoms with Gasteiger partial charge in [-0.2, -0.15) is 0 Å². The van der Waals surface area contributed by atoms with Gasteiger partial charge in [0.05, 0.1) is 0 Å². The van der Waals surface area contributed by atoms with E-state index in [0.717, 1.165) is 21.9 Å². The van der Waals surface area contributed by atoms with E-state index in [1.807, 2.05) is 18.2 Å². The summed E-state index contributed by atoms with van der Waals surface area (Å²) in [5.74, 6) is 1.03. The summed E-state index contributed by atoms with van der Waals surface area (Å²) in [4.78, 5) is 0.959. The maximum absolute atomic E-state index is 9.35. The minimum absolute atomic E-state index is 0.280. The molecule has 0 unspecified atom stereocenters. The van der Waals surface area contributed by atoms with Crippen LogP contribution in [0.4, 0.5) is 5.69 Å². The summed E-state index contributed by atoms with van der Waals surface area (Å²) in [7, 11) is 0. The average Bonchev–Trinajstić information content (AvgIpc) is 2.30. The van der Waals surface area contributed by atoms with Crippen LogP contribution in [0.15, 0.2) is 47.4 Å². The third kappa shape index (κ3) is 3.32. The molecule has 0 saturated carbocycles. The third-order valence-electron chi connectivity index (χ3n) is 2.28. The van der Waals surface area contributed by atoms with E-state index in [0.29, 0.717) is 5.02 Å². The van der Waals surface area contributed by atoms with E-state index in [4.69, 9.17) is 17.3 Å². The molecule has 0 saturated heterocycles. The van der Waals surface area contributed by atoms with Crippen molar-refractivity contribution in [2.45, 2.75) is 10.6 Å². The molecule has 0 radical (unpaired) electrons. The number of phenolic OH excluding ortho intramolecular Hbond substituents is 1. The molecule has 2 rings (SSSR count). The van der Waals surface area contributed by atoms with E-state index < -0.39 is 0 Å².